The van der Waals surface area contributed by atoms with Gasteiger partial charge in [-0.3, -0.25) is 0 Å². The predicted octanol–water partition coefficient (Wildman–Crippen LogP) is -0.120. The van der Waals surface area contributed by atoms with Gasteiger partial charge in [0.1, 0.15) is 6.10 Å². The Morgan fingerprint density at radius 3 is 2.50 bits per heavy atom. The molecule has 4 nitrogen and oxygen atoms in total. The van der Waals surface area contributed by atoms with Gasteiger partial charge >= 0.3 is 0 Å². The summed E-state index contributed by atoms with van der Waals surface area (Å²) >= 11 is 0. The van der Waals surface area contributed by atoms with Crippen LogP contribution in [0.1, 0.15) is 20.3 Å². The van der Waals surface area contributed by atoms with E-state index in [4.69, 9.17) is 9.47 Å². The Morgan fingerprint density at radius 2 is 2.25 bits per heavy atom. The molecule has 0 aromatic carbocycles. The average molecular weight is 176 g/mol. The summed E-state index contributed by atoms with van der Waals surface area (Å²) in [5.74, 6) is 0. The highest BCUT2D eigenvalue weighted by molar-refractivity contribution is 4.92. The fraction of sp³-hybridized carbons (Fsp3) is 1.00. The first kappa shape index (κ1) is 9.92. The van der Waals surface area contributed by atoms with E-state index in [1.54, 1.807) is 13.8 Å². The Kier molecular flexibility index (Phi) is 2.73. The molecule has 4 heteroatoms. The van der Waals surface area contributed by atoms with E-state index in [1.807, 2.05) is 0 Å². The van der Waals surface area contributed by atoms with E-state index in [0.29, 0.717) is 6.42 Å². The van der Waals surface area contributed by atoms with Crippen LogP contribution in [0.3, 0.4) is 0 Å². The fourth-order valence-electron chi connectivity index (χ4n) is 1.58. The normalized spacial score (nSPS) is 44.8. The van der Waals surface area contributed by atoms with Crippen LogP contribution < -0.4 is 0 Å². The summed E-state index contributed by atoms with van der Waals surface area (Å²) in [5, 5.41) is 19.0. The van der Waals surface area contributed by atoms with Crippen LogP contribution in [0.2, 0.25) is 0 Å². The van der Waals surface area contributed by atoms with Crippen LogP contribution in [-0.2, 0) is 9.47 Å². The van der Waals surface area contributed by atoms with Crippen molar-refractivity contribution >= 4 is 0 Å². The van der Waals surface area contributed by atoms with Crippen LogP contribution in [0.25, 0.3) is 0 Å². The van der Waals surface area contributed by atoms with Gasteiger partial charge in [0.05, 0.1) is 11.7 Å². The molecule has 1 aliphatic rings. The summed E-state index contributed by atoms with van der Waals surface area (Å²) in [7, 11) is 1.52. The molecular weight excluding hydrogens is 160 g/mol. The summed E-state index contributed by atoms with van der Waals surface area (Å²) < 4.78 is 10.2. The maximum Gasteiger partial charge on any atom is 0.160 e. The van der Waals surface area contributed by atoms with E-state index in [1.165, 1.54) is 7.11 Å². The number of hydrogen-bond acceptors (Lipinski definition) is 4. The second-order valence-electron chi connectivity index (χ2n) is 3.52. The lowest BCUT2D eigenvalue weighted by atomic mass is 9.95. The largest absolute Gasteiger partial charge is 0.391 e. The van der Waals surface area contributed by atoms with E-state index < -0.39 is 24.1 Å². The van der Waals surface area contributed by atoms with Crippen molar-refractivity contribution in [1.29, 1.82) is 0 Å². The number of methoxy groups -OCH3 is 1. The second kappa shape index (κ2) is 3.30. The predicted molar refractivity (Wildman–Crippen MR) is 42.6 cm³/mol. The van der Waals surface area contributed by atoms with Crippen molar-refractivity contribution in [3.05, 3.63) is 0 Å². The Bertz CT molecular complexity index is 155. The van der Waals surface area contributed by atoms with Gasteiger partial charge in [-0.25, -0.2) is 0 Å². The standard InChI is InChI=1S/C8H16O4/c1-5(9)7-8(2,10)4-6(11-3)12-7/h5-7,9-10H,4H2,1-3H3/t5-,6-,7+,8+/m0/s1. The maximum absolute atomic E-state index is 9.76. The molecule has 0 aliphatic carbocycles. The molecule has 0 spiro atoms. The molecule has 1 rings (SSSR count). The second-order valence-corrected chi connectivity index (χ2v) is 3.52. The zero-order valence-electron chi connectivity index (χ0n) is 7.65. The van der Waals surface area contributed by atoms with Crippen LogP contribution in [-0.4, -0.2) is 41.4 Å². The molecule has 0 unspecified atom stereocenters. The number of ether oxygens (including phenoxy) is 2. The first-order valence-electron chi connectivity index (χ1n) is 4.06. The molecule has 2 N–H and O–H groups in total. The number of rotatable bonds is 2. The molecule has 1 fully saturated rings. The minimum Gasteiger partial charge on any atom is -0.391 e. The highest BCUT2D eigenvalue weighted by Crippen LogP contribution is 2.32. The van der Waals surface area contributed by atoms with Gasteiger partial charge in [0.15, 0.2) is 6.29 Å². The van der Waals surface area contributed by atoms with Crippen molar-refractivity contribution in [2.75, 3.05) is 7.11 Å². The first-order chi connectivity index (χ1) is 5.47. The van der Waals surface area contributed by atoms with E-state index >= 15 is 0 Å². The molecule has 0 bridgehead atoms. The van der Waals surface area contributed by atoms with Crippen molar-refractivity contribution in [2.24, 2.45) is 0 Å². The number of aliphatic hydroxyl groups excluding tert-OH is 1. The van der Waals surface area contributed by atoms with Crippen molar-refractivity contribution in [3.63, 3.8) is 0 Å². The highest BCUT2D eigenvalue weighted by Gasteiger charge is 2.46. The topological polar surface area (TPSA) is 58.9 Å². The zero-order valence-corrected chi connectivity index (χ0v) is 7.65. The van der Waals surface area contributed by atoms with Gasteiger partial charge in [-0.15, -0.1) is 0 Å². The first-order valence-corrected chi connectivity index (χ1v) is 4.06. The van der Waals surface area contributed by atoms with Crippen LogP contribution in [0.4, 0.5) is 0 Å². The van der Waals surface area contributed by atoms with E-state index in [-0.39, 0.29) is 0 Å². The molecule has 0 aromatic rings. The average Bonchev–Trinajstić information content (AvgIpc) is 2.25. The summed E-state index contributed by atoms with van der Waals surface area (Å²) in [6, 6.07) is 0. The minimum atomic E-state index is -0.991. The van der Waals surface area contributed by atoms with Crippen molar-refractivity contribution < 1.29 is 19.7 Å². The van der Waals surface area contributed by atoms with Crippen molar-refractivity contribution in [3.8, 4) is 0 Å². The lowest BCUT2D eigenvalue weighted by molar-refractivity contribution is -0.150. The molecule has 1 aliphatic heterocycles. The van der Waals surface area contributed by atoms with Gasteiger partial charge in [0.2, 0.25) is 0 Å². The van der Waals surface area contributed by atoms with Crippen LogP contribution in [0.15, 0.2) is 0 Å². The highest BCUT2D eigenvalue weighted by atomic mass is 16.7. The van der Waals surface area contributed by atoms with Crippen LogP contribution >= 0.6 is 0 Å². The summed E-state index contributed by atoms with van der Waals surface area (Å²) in [5.41, 5.74) is -0.991. The van der Waals surface area contributed by atoms with E-state index in [9.17, 15) is 10.2 Å². The summed E-state index contributed by atoms with van der Waals surface area (Å²) in [6.07, 6.45) is -1.24. The van der Waals surface area contributed by atoms with Crippen molar-refractivity contribution in [2.45, 2.75) is 44.4 Å². The van der Waals surface area contributed by atoms with Gasteiger partial charge in [-0.05, 0) is 13.8 Å². The SMILES string of the molecule is CO[C@@H]1C[C@@](C)(O)[C@@H]([C@H](C)O)O1. The van der Waals surface area contributed by atoms with Crippen LogP contribution in [0, 0.1) is 0 Å². The molecule has 4 atom stereocenters. The summed E-state index contributed by atoms with van der Waals surface area (Å²) in [6.45, 7) is 3.24. The lowest BCUT2D eigenvalue weighted by Crippen LogP contribution is -2.41. The molecule has 0 saturated carbocycles. The summed E-state index contributed by atoms with van der Waals surface area (Å²) in [4.78, 5) is 0. The van der Waals surface area contributed by atoms with Crippen LogP contribution in [0.5, 0.6) is 0 Å². The molecular formula is C8H16O4. The fourth-order valence-corrected chi connectivity index (χ4v) is 1.58. The molecule has 1 saturated heterocycles. The zero-order chi connectivity index (χ0) is 9.35. The van der Waals surface area contributed by atoms with E-state index in [2.05, 4.69) is 0 Å². The maximum atomic E-state index is 9.76. The smallest absolute Gasteiger partial charge is 0.160 e. The lowest BCUT2D eigenvalue weighted by Gasteiger charge is -2.25. The van der Waals surface area contributed by atoms with E-state index in [0.717, 1.165) is 0 Å². The monoisotopic (exact) mass is 176 g/mol. The minimum absolute atomic E-state index is 0.402. The molecule has 0 aromatic heterocycles. The molecule has 72 valence electrons. The van der Waals surface area contributed by atoms with Gasteiger partial charge in [-0.2, -0.15) is 0 Å². The van der Waals surface area contributed by atoms with Gasteiger partial charge in [-0.1, -0.05) is 0 Å². The number of hydrogen-bond donors (Lipinski definition) is 2. The Morgan fingerprint density at radius 1 is 1.67 bits per heavy atom. The Labute approximate surface area is 72.1 Å². The Balaban J connectivity index is 2.64. The third-order valence-corrected chi connectivity index (χ3v) is 2.19. The van der Waals surface area contributed by atoms with Gasteiger partial charge < -0.3 is 19.7 Å². The Hall–Kier alpha value is -0.160. The van der Waals surface area contributed by atoms with Gasteiger partial charge in [0, 0.05) is 13.5 Å². The van der Waals surface area contributed by atoms with Gasteiger partial charge in [0.25, 0.3) is 0 Å². The molecule has 0 amide bonds. The molecule has 1 heterocycles. The third kappa shape index (κ3) is 1.77. The molecule has 12 heavy (non-hydrogen) atoms. The quantitative estimate of drug-likeness (QED) is 0.616. The molecule has 0 radical (unpaired) electrons. The van der Waals surface area contributed by atoms with Crippen molar-refractivity contribution in [1.82, 2.24) is 0 Å². The number of aliphatic hydroxyl groups is 2. The third-order valence-electron chi connectivity index (χ3n) is 2.19.